The van der Waals surface area contributed by atoms with E-state index in [1.165, 1.54) is 27.3 Å². The molecule has 0 saturated carbocycles. The molecule has 39 heavy (non-hydrogen) atoms. The van der Waals surface area contributed by atoms with Crippen molar-refractivity contribution in [2.24, 2.45) is 0 Å². The zero-order valence-electron chi connectivity index (χ0n) is 22.1. The summed E-state index contributed by atoms with van der Waals surface area (Å²) in [6, 6.07) is 9.87. The molecule has 0 atom stereocenters. The van der Waals surface area contributed by atoms with Gasteiger partial charge in [-0.25, -0.2) is 13.9 Å². The maximum Gasteiger partial charge on any atom is 0.471 e. The van der Waals surface area contributed by atoms with Gasteiger partial charge in [0.15, 0.2) is 0 Å². The molecule has 1 aromatic carbocycles. The van der Waals surface area contributed by atoms with Crippen molar-refractivity contribution in [3.8, 4) is 11.1 Å². The third-order valence-corrected chi connectivity index (χ3v) is 6.65. The first-order chi connectivity index (χ1) is 18.7. The number of rotatable bonds is 7. The molecule has 0 amide bonds. The van der Waals surface area contributed by atoms with E-state index in [-0.39, 0.29) is 17.9 Å². The van der Waals surface area contributed by atoms with E-state index in [4.69, 9.17) is 9.26 Å². The van der Waals surface area contributed by atoms with Crippen molar-refractivity contribution in [1.82, 2.24) is 14.1 Å². The van der Waals surface area contributed by atoms with Gasteiger partial charge in [0.05, 0.1) is 31.6 Å². The van der Waals surface area contributed by atoms with E-state index in [1.807, 2.05) is 26.0 Å². The number of nitrogens with zero attached hydrogens (tertiary/aromatic N) is 4. The Morgan fingerprint density at radius 3 is 2.51 bits per heavy atom. The Morgan fingerprint density at radius 1 is 1.10 bits per heavy atom. The third-order valence-electron chi connectivity index (χ3n) is 6.20. The van der Waals surface area contributed by atoms with Crippen LogP contribution in [0.5, 0.6) is 0 Å². The summed E-state index contributed by atoms with van der Waals surface area (Å²) in [4.78, 5) is 38.0. The average molecular weight is 559 g/mol. The van der Waals surface area contributed by atoms with Crippen LogP contribution >= 0.6 is 7.82 Å². The van der Waals surface area contributed by atoms with E-state index in [9.17, 15) is 23.5 Å². The number of phosphoric acid groups is 1. The van der Waals surface area contributed by atoms with Crippen LogP contribution in [0, 0.1) is 12.7 Å². The van der Waals surface area contributed by atoms with Crippen molar-refractivity contribution in [2.45, 2.75) is 34.0 Å². The molecule has 0 bridgehead atoms. The lowest BCUT2D eigenvalue weighted by Crippen LogP contribution is -2.36. The van der Waals surface area contributed by atoms with E-state index < -0.39 is 14.6 Å². The van der Waals surface area contributed by atoms with Gasteiger partial charge in [0.25, 0.3) is 5.56 Å². The second-order valence-corrected chi connectivity index (χ2v) is 10.2. The number of phosphoric ester groups is 1. The molecule has 4 heterocycles. The molecule has 0 unspecified atom stereocenters. The van der Waals surface area contributed by atoms with Crippen LogP contribution in [0.1, 0.15) is 25.0 Å². The van der Waals surface area contributed by atoms with Gasteiger partial charge >= 0.3 is 7.82 Å². The van der Waals surface area contributed by atoms with Crippen molar-refractivity contribution in [3.05, 3.63) is 82.3 Å². The second kappa shape index (κ2) is 12.2. The van der Waals surface area contributed by atoms with Gasteiger partial charge in [-0.05, 0) is 47.9 Å². The molecule has 1 saturated heterocycles. The van der Waals surface area contributed by atoms with Crippen molar-refractivity contribution < 1.29 is 28.0 Å². The Hall–Kier alpha value is -3.34. The number of fused-ring (bicyclic) bond motifs is 1. The molecule has 1 aliphatic rings. The quantitative estimate of drug-likeness (QED) is 0.323. The van der Waals surface area contributed by atoms with Gasteiger partial charge < -0.3 is 28.6 Å². The van der Waals surface area contributed by atoms with E-state index >= 15 is 0 Å². The molecule has 0 radical (unpaired) electrons. The molecule has 208 valence electrons. The summed E-state index contributed by atoms with van der Waals surface area (Å²) in [7, 11) is -4.71. The van der Waals surface area contributed by atoms with E-state index in [0.717, 1.165) is 11.3 Å². The fourth-order valence-corrected chi connectivity index (χ4v) is 4.80. The van der Waals surface area contributed by atoms with Gasteiger partial charge in [-0.3, -0.25) is 9.32 Å². The molecule has 2 N–H and O–H groups in total. The Morgan fingerprint density at radius 2 is 1.85 bits per heavy atom. The maximum atomic E-state index is 13.8. The van der Waals surface area contributed by atoms with Crippen molar-refractivity contribution >= 4 is 24.5 Å². The lowest BCUT2D eigenvalue weighted by atomic mass is 10.1. The van der Waals surface area contributed by atoms with Crippen molar-refractivity contribution in [1.29, 1.82) is 0 Å². The minimum absolute atomic E-state index is 0.221. The standard InChI is InChI=1S/C25H26FN4O6P.C2H6/c1-17-8-18(10-20(26)9-17)14-29-3-2-19(11-24(29)31)23-15-30(16-36-37(32,33)34)25-22(23)12-21(13-27-25)28-4-6-35-7-5-28;1-2/h2-3,8-13,15H,4-7,14,16H2,1H3,(H2,32,33,34);1-2H3. The second-order valence-electron chi connectivity index (χ2n) is 8.94. The smallest absolute Gasteiger partial charge is 0.378 e. The molecule has 4 aromatic rings. The molecule has 5 rings (SSSR count). The van der Waals surface area contributed by atoms with Crippen LogP contribution in [0.2, 0.25) is 0 Å². The van der Waals surface area contributed by atoms with Crippen LogP contribution in [0.4, 0.5) is 10.1 Å². The highest BCUT2D eigenvalue weighted by Crippen LogP contribution is 2.38. The zero-order chi connectivity index (χ0) is 28.2. The number of pyridine rings is 2. The van der Waals surface area contributed by atoms with Crippen LogP contribution in [0.15, 0.2) is 59.8 Å². The fraction of sp³-hybridized carbons (Fsp3) is 0.333. The average Bonchev–Trinajstić information content (AvgIpc) is 3.27. The molecular formula is C27H32FN4O6P. The monoisotopic (exact) mass is 558 g/mol. The number of hydrogen-bond donors (Lipinski definition) is 2. The summed E-state index contributed by atoms with van der Waals surface area (Å²) in [5.41, 5.74) is 3.78. The Bertz CT molecular complexity index is 1540. The summed E-state index contributed by atoms with van der Waals surface area (Å²) in [6.45, 7) is 8.22. The van der Waals surface area contributed by atoms with Gasteiger partial charge in [0, 0.05) is 42.5 Å². The number of aryl methyl sites for hydroxylation is 1. The summed E-state index contributed by atoms with van der Waals surface area (Å²) >= 11 is 0. The first-order valence-corrected chi connectivity index (χ1v) is 14.2. The van der Waals surface area contributed by atoms with Gasteiger partial charge in [-0.2, -0.15) is 0 Å². The molecule has 0 spiro atoms. The van der Waals surface area contributed by atoms with Gasteiger partial charge in [0.2, 0.25) is 0 Å². The highest BCUT2D eigenvalue weighted by molar-refractivity contribution is 7.46. The molecule has 10 nitrogen and oxygen atoms in total. The molecule has 12 heteroatoms. The number of morpholine rings is 1. The van der Waals surface area contributed by atoms with Crippen molar-refractivity contribution in [3.63, 3.8) is 0 Å². The molecule has 1 aliphatic heterocycles. The number of halogens is 1. The first kappa shape index (κ1) is 28.7. The molecular weight excluding hydrogens is 526 g/mol. The predicted octanol–water partition coefficient (Wildman–Crippen LogP) is 4.29. The zero-order valence-corrected chi connectivity index (χ0v) is 23.0. The number of hydrogen-bond acceptors (Lipinski definition) is 6. The minimum Gasteiger partial charge on any atom is -0.378 e. The van der Waals surface area contributed by atoms with E-state index in [1.54, 1.807) is 31.6 Å². The van der Waals surface area contributed by atoms with E-state index in [0.29, 0.717) is 54.0 Å². The van der Waals surface area contributed by atoms with Gasteiger partial charge in [0.1, 0.15) is 18.2 Å². The van der Waals surface area contributed by atoms with Crippen LogP contribution in [-0.2, 0) is 27.1 Å². The largest absolute Gasteiger partial charge is 0.471 e. The van der Waals surface area contributed by atoms with Crippen molar-refractivity contribution in [2.75, 3.05) is 31.2 Å². The predicted molar refractivity (Wildman–Crippen MR) is 147 cm³/mol. The molecule has 3 aromatic heterocycles. The fourth-order valence-electron chi connectivity index (χ4n) is 4.53. The normalized spacial score (nSPS) is 13.8. The van der Waals surface area contributed by atoms with Gasteiger partial charge in [-0.15, -0.1) is 0 Å². The summed E-state index contributed by atoms with van der Waals surface area (Å²) < 4.78 is 38.2. The Balaban J connectivity index is 0.00000172. The van der Waals surface area contributed by atoms with E-state index in [2.05, 4.69) is 9.88 Å². The molecule has 1 fully saturated rings. The number of anilines is 1. The highest BCUT2D eigenvalue weighted by Gasteiger charge is 2.20. The summed E-state index contributed by atoms with van der Waals surface area (Å²) in [5.74, 6) is -0.353. The summed E-state index contributed by atoms with van der Waals surface area (Å²) in [6.07, 6.45) is 5.00. The maximum absolute atomic E-state index is 13.8. The lowest BCUT2D eigenvalue weighted by Gasteiger charge is -2.28. The number of benzene rings is 1. The lowest BCUT2D eigenvalue weighted by molar-refractivity contribution is 0.122. The number of aromatic nitrogens is 3. The number of ether oxygens (including phenoxy) is 1. The van der Waals surface area contributed by atoms with Crippen LogP contribution in [0.25, 0.3) is 22.2 Å². The van der Waals surface area contributed by atoms with Crippen LogP contribution in [0.3, 0.4) is 0 Å². The Labute approximate surface area is 225 Å². The van der Waals surface area contributed by atoms with Crippen LogP contribution < -0.4 is 10.5 Å². The van der Waals surface area contributed by atoms with Crippen LogP contribution in [-0.4, -0.2) is 50.2 Å². The topological polar surface area (TPSA) is 119 Å². The highest BCUT2D eigenvalue weighted by atomic mass is 31.2. The summed E-state index contributed by atoms with van der Waals surface area (Å²) in [5, 5.41) is 0.705. The first-order valence-electron chi connectivity index (χ1n) is 12.6. The minimum atomic E-state index is -4.71. The SMILES string of the molecule is CC.Cc1cc(F)cc(Cn2ccc(-c3cn(COP(=O)(O)O)c4ncc(N5CCOCC5)cc34)cc2=O)c1. The molecule has 0 aliphatic carbocycles. The Kier molecular flexibility index (Phi) is 8.99. The van der Waals surface area contributed by atoms with Gasteiger partial charge in [-0.1, -0.05) is 19.9 Å². The third kappa shape index (κ3) is 7.00.